The van der Waals surface area contributed by atoms with E-state index >= 15 is 0 Å². The highest BCUT2D eigenvalue weighted by molar-refractivity contribution is 5.93. The number of nitrogens with one attached hydrogen (secondary N) is 2. The smallest absolute Gasteiger partial charge is 0.247 e. The molecule has 0 heterocycles. The molecule has 215 valence electrons. The Bertz CT molecular complexity index is 1300. The molecule has 0 bridgehead atoms. The van der Waals surface area contributed by atoms with Gasteiger partial charge in [0.2, 0.25) is 24.0 Å². The number of benzene rings is 3. The second-order valence-corrected chi connectivity index (χ2v) is 9.63. The molecule has 1 radical (unpaired) electrons. The number of aliphatic hydroxyl groups excluding tert-OH is 1. The van der Waals surface area contributed by atoms with Gasteiger partial charge in [-0.05, 0) is 47.4 Å². The van der Waals surface area contributed by atoms with Gasteiger partial charge in [0.15, 0.2) is 0 Å². The second kappa shape index (κ2) is 15.3. The van der Waals surface area contributed by atoms with Crippen molar-refractivity contribution in [3.05, 3.63) is 101 Å². The number of aromatic hydroxyl groups is 1. The van der Waals surface area contributed by atoms with E-state index in [1.165, 1.54) is 31.3 Å². The van der Waals surface area contributed by atoms with Gasteiger partial charge in [0.05, 0.1) is 6.61 Å². The van der Waals surface area contributed by atoms with Gasteiger partial charge in [-0.15, -0.1) is 0 Å². The summed E-state index contributed by atoms with van der Waals surface area (Å²) in [5, 5.41) is 24.6. The molecule has 2 unspecified atom stereocenters. The maximum atomic E-state index is 13.3. The third-order valence-corrected chi connectivity index (χ3v) is 6.60. The molecule has 0 aliphatic rings. The number of phenolic OH excluding ortho intramolecular Hbond substituents is 1. The topological polar surface area (TPSA) is 136 Å². The summed E-state index contributed by atoms with van der Waals surface area (Å²) in [6, 6.07) is 17.4. The van der Waals surface area contributed by atoms with Crippen molar-refractivity contribution in [1.82, 2.24) is 15.5 Å². The van der Waals surface area contributed by atoms with Gasteiger partial charge in [-0.25, -0.2) is 4.39 Å². The third-order valence-electron chi connectivity index (χ3n) is 6.60. The summed E-state index contributed by atoms with van der Waals surface area (Å²) in [6.07, 6.45) is 2.43. The summed E-state index contributed by atoms with van der Waals surface area (Å²) in [6.45, 7) is -0.740. The SMILES string of the molecule is CN(C(=O)C(CO)NC(=O)[C@@H](Cc1ccccc1)NC(=O)CCc1ccc(F)cc1)C([C]=O)Cc1ccc(O)cc1. The summed E-state index contributed by atoms with van der Waals surface area (Å²) in [5.41, 5.74) is 2.19. The Labute approximate surface area is 238 Å². The molecular weight excluding hydrogens is 529 g/mol. The van der Waals surface area contributed by atoms with Gasteiger partial charge >= 0.3 is 0 Å². The van der Waals surface area contributed by atoms with Gasteiger partial charge in [-0.2, -0.15) is 0 Å². The molecule has 0 fully saturated rings. The van der Waals surface area contributed by atoms with Gasteiger partial charge in [0.25, 0.3) is 0 Å². The molecule has 3 aromatic rings. The van der Waals surface area contributed by atoms with Crippen LogP contribution in [0.25, 0.3) is 0 Å². The number of carbonyl (C=O) groups is 3. The van der Waals surface area contributed by atoms with Crippen molar-refractivity contribution in [1.29, 1.82) is 0 Å². The quantitative estimate of drug-likeness (QED) is 0.237. The molecule has 3 rings (SSSR count). The number of aliphatic hydroxyl groups is 1. The summed E-state index contributed by atoms with van der Waals surface area (Å²) in [4.78, 5) is 52.0. The number of rotatable bonds is 14. The van der Waals surface area contributed by atoms with Crippen LogP contribution in [0.1, 0.15) is 23.1 Å². The highest BCUT2D eigenvalue weighted by atomic mass is 19.1. The van der Waals surface area contributed by atoms with Crippen LogP contribution in [0.2, 0.25) is 0 Å². The van der Waals surface area contributed by atoms with Crippen LogP contribution in [0.4, 0.5) is 4.39 Å². The fourth-order valence-corrected chi connectivity index (χ4v) is 4.20. The number of nitrogens with zero attached hydrogens (tertiary/aromatic N) is 1. The molecule has 10 heteroatoms. The first-order valence-corrected chi connectivity index (χ1v) is 13.1. The predicted octanol–water partition coefficient (Wildman–Crippen LogP) is 1.85. The standard InChI is InChI=1S/C31H33FN3O6/c1-35(25(19-36)17-23-9-14-26(38)15-10-23)31(41)28(20-37)34-30(40)27(18-22-5-3-2-4-6-22)33-29(39)16-11-21-7-12-24(32)13-8-21/h2-10,12-15,25,27-28,37-38H,11,16-18,20H2,1H3,(H,33,39)(H,34,40)/t25?,27-,28?/m1/s1. The number of aryl methyl sites for hydroxylation is 1. The molecule has 9 nitrogen and oxygen atoms in total. The average Bonchev–Trinajstić information content (AvgIpc) is 2.98. The van der Waals surface area contributed by atoms with Crippen LogP contribution in [0, 0.1) is 5.82 Å². The largest absolute Gasteiger partial charge is 0.508 e. The maximum absolute atomic E-state index is 13.3. The van der Waals surface area contributed by atoms with Crippen molar-refractivity contribution in [2.45, 2.75) is 43.8 Å². The zero-order valence-electron chi connectivity index (χ0n) is 22.6. The number of hydrogen-bond donors (Lipinski definition) is 4. The molecule has 0 spiro atoms. The lowest BCUT2D eigenvalue weighted by Gasteiger charge is -2.28. The van der Waals surface area contributed by atoms with E-state index in [0.29, 0.717) is 12.0 Å². The minimum absolute atomic E-state index is 0.0450. The minimum atomic E-state index is -1.38. The van der Waals surface area contributed by atoms with Crippen LogP contribution < -0.4 is 10.6 Å². The Hall–Kier alpha value is -4.57. The lowest BCUT2D eigenvalue weighted by molar-refractivity contribution is -0.138. The average molecular weight is 563 g/mol. The normalized spacial score (nSPS) is 13.0. The van der Waals surface area contributed by atoms with Crippen molar-refractivity contribution in [2.24, 2.45) is 0 Å². The fraction of sp³-hybridized carbons (Fsp3) is 0.290. The summed E-state index contributed by atoms with van der Waals surface area (Å²) in [7, 11) is 1.37. The molecule has 4 N–H and O–H groups in total. The van der Waals surface area contributed by atoms with Crippen LogP contribution >= 0.6 is 0 Å². The molecule has 3 amide bonds. The van der Waals surface area contributed by atoms with Crippen LogP contribution in [0.3, 0.4) is 0 Å². The number of likely N-dealkylation sites (N-methyl/N-ethyl adjacent to an activating group) is 1. The molecule has 0 saturated heterocycles. The molecule has 3 aromatic carbocycles. The first-order chi connectivity index (χ1) is 19.7. The molecule has 41 heavy (non-hydrogen) atoms. The van der Waals surface area contributed by atoms with Crippen molar-refractivity contribution in [2.75, 3.05) is 13.7 Å². The van der Waals surface area contributed by atoms with Crippen LogP contribution in [0.5, 0.6) is 5.75 Å². The molecule has 0 aromatic heterocycles. The van der Waals surface area contributed by atoms with Gasteiger partial charge in [0.1, 0.15) is 29.7 Å². The van der Waals surface area contributed by atoms with Gasteiger partial charge in [-0.3, -0.25) is 19.2 Å². The minimum Gasteiger partial charge on any atom is -0.508 e. The molecular formula is C31H33FN3O6. The van der Waals surface area contributed by atoms with Crippen molar-refractivity contribution < 1.29 is 33.8 Å². The van der Waals surface area contributed by atoms with E-state index in [2.05, 4.69) is 10.6 Å². The number of carbonyl (C=O) groups excluding carboxylic acids is 4. The fourth-order valence-electron chi connectivity index (χ4n) is 4.20. The predicted molar refractivity (Wildman–Crippen MR) is 150 cm³/mol. The lowest BCUT2D eigenvalue weighted by Crippen LogP contribution is -2.57. The first-order valence-electron chi connectivity index (χ1n) is 13.1. The van der Waals surface area contributed by atoms with E-state index in [0.717, 1.165) is 16.0 Å². The second-order valence-electron chi connectivity index (χ2n) is 9.63. The van der Waals surface area contributed by atoms with Crippen molar-refractivity contribution >= 4 is 24.0 Å². The molecule has 0 aliphatic carbocycles. The van der Waals surface area contributed by atoms with Crippen molar-refractivity contribution in [3.63, 3.8) is 0 Å². The Balaban J connectivity index is 1.68. The van der Waals surface area contributed by atoms with Crippen LogP contribution in [-0.2, 0) is 38.4 Å². The third kappa shape index (κ3) is 9.54. The summed E-state index contributed by atoms with van der Waals surface area (Å²) < 4.78 is 13.2. The summed E-state index contributed by atoms with van der Waals surface area (Å²) in [5.74, 6) is -2.14. The first kappa shape index (κ1) is 31.0. The van der Waals surface area contributed by atoms with E-state index in [9.17, 15) is 33.8 Å². The van der Waals surface area contributed by atoms with Gasteiger partial charge in [0, 0.05) is 26.3 Å². The highest BCUT2D eigenvalue weighted by Gasteiger charge is 2.31. The van der Waals surface area contributed by atoms with E-state index in [4.69, 9.17) is 0 Å². The van der Waals surface area contributed by atoms with Crippen LogP contribution in [0.15, 0.2) is 78.9 Å². The highest BCUT2D eigenvalue weighted by Crippen LogP contribution is 2.14. The Morgan fingerprint density at radius 3 is 2.07 bits per heavy atom. The van der Waals surface area contributed by atoms with E-state index in [1.54, 1.807) is 48.5 Å². The van der Waals surface area contributed by atoms with Crippen LogP contribution in [-0.4, -0.2) is 70.9 Å². The zero-order chi connectivity index (χ0) is 29.8. The number of halogens is 1. The van der Waals surface area contributed by atoms with E-state index < -0.39 is 42.5 Å². The van der Waals surface area contributed by atoms with E-state index in [-0.39, 0.29) is 30.8 Å². The molecule has 0 aliphatic heterocycles. The number of phenols is 1. The molecule has 3 atom stereocenters. The van der Waals surface area contributed by atoms with E-state index in [1.807, 2.05) is 12.4 Å². The molecule has 0 saturated carbocycles. The number of hydrogen-bond acceptors (Lipinski definition) is 6. The number of amides is 3. The van der Waals surface area contributed by atoms with Gasteiger partial charge in [-0.1, -0.05) is 54.6 Å². The summed E-state index contributed by atoms with van der Waals surface area (Å²) >= 11 is 0. The maximum Gasteiger partial charge on any atom is 0.247 e. The Morgan fingerprint density at radius 1 is 0.854 bits per heavy atom. The van der Waals surface area contributed by atoms with Crippen molar-refractivity contribution in [3.8, 4) is 5.75 Å². The Morgan fingerprint density at radius 2 is 1.46 bits per heavy atom. The monoisotopic (exact) mass is 562 g/mol. The Kier molecular flexibility index (Phi) is 11.5. The lowest BCUT2D eigenvalue weighted by atomic mass is 10.0. The zero-order valence-corrected chi connectivity index (χ0v) is 22.6. The van der Waals surface area contributed by atoms with Gasteiger partial charge < -0.3 is 25.7 Å².